The van der Waals surface area contributed by atoms with E-state index in [-0.39, 0.29) is 0 Å². The Morgan fingerprint density at radius 1 is 0.583 bits per heavy atom. The van der Waals surface area contributed by atoms with Gasteiger partial charge in [-0.3, -0.25) is 19.2 Å². The van der Waals surface area contributed by atoms with Crippen LogP contribution in [-0.4, -0.2) is 36.1 Å². The first-order chi connectivity index (χ1) is 17.2. The lowest BCUT2D eigenvalue weighted by Gasteiger charge is -2.42. The number of carbonyl (C=O) groups excluding carboxylic acids is 4. The fourth-order valence-electron chi connectivity index (χ4n) is 5.35. The molecule has 0 unspecified atom stereocenters. The Labute approximate surface area is 206 Å². The lowest BCUT2D eigenvalue weighted by atomic mass is 9.78. The molecule has 0 aliphatic heterocycles. The molecule has 0 spiro atoms. The van der Waals surface area contributed by atoms with Crippen molar-refractivity contribution >= 4 is 56.2 Å². The molecule has 4 aromatic carbocycles. The van der Waals surface area contributed by atoms with Crippen LogP contribution in [0.2, 0.25) is 0 Å². The van der Waals surface area contributed by atoms with Gasteiger partial charge in [-0.2, -0.15) is 0 Å². The first-order valence-electron chi connectivity index (χ1n) is 11.5. The van der Waals surface area contributed by atoms with Gasteiger partial charge in [0.2, 0.25) is 0 Å². The maximum absolute atomic E-state index is 12.3. The van der Waals surface area contributed by atoms with E-state index in [1.165, 1.54) is 27.7 Å². The first-order valence-corrected chi connectivity index (χ1v) is 11.5. The van der Waals surface area contributed by atoms with Gasteiger partial charge < -0.3 is 18.9 Å². The van der Waals surface area contributed by atoms with Gasteiger partial charge in [-0.1, -0.05) is 42.5 Å². The van der Waals surface area contributed by atoms with Crippen LogP contribution in [0.15, 0.2) is 48.5 Å². The molecule has 1 aliphatic rings. The van der Waals surface area contributed by atoms with Crippen molar-refractivity contribution in [2.45, 2.75) is 52.1 Å². The van der Waals surface area contributed by atoms with Crippen LogP contribution in [0.25, 0.3) is 32.3 Å². The lowest BCUT2D eigenvalue weighted by Crippen LogP contribution is -2.48. The second-order valence-electron chi connectivity index (χ2n) is 8.94. The van der Waals surface area contributed by atoms with Gasteiger partial charge in [0.25, 0.3) is 0 Å². The number of fused-ring (bicyclic) bond motifs is 2. The van der Waals surface area contributed by atoms with Gasteiger partial charge in [0.05, 0.1) is 0 Å². The number of benzene rings is 4. The summed E-state index contributed by atoms with van der Waals surface area (Å²) >= 11 is 0. The summed E-state index contributed by atoms with van der Waals surface area (Å²) in [4.78, 5) is 48.7. The summed E-state index contributed by atoms with van der Waals surface area (Å²) < 4.78 is 22.6. The molecule has 0 bridgehead atoms. The van der Waals surface area contributed by atoms with Gasteiger partial charge in [-0.25, -0.2) is 0 Å². The fraction of sp³-hybridized carbons (Fsp3) is 0.286. The predicted molar refractivity (Wildman–Crippen MR) is 130 cm³/mol. The zero-order valence-corrected chi connectivity index (χ0v) is 20.2. The largest absolute Gasteiger partial charge is 0.454 e. The van der Waals surface area contributed by atoms with E-state index in [9.17, 15) is 19.2 Å². The second-order valence-corrected chi connectivity index (χ2v) is 8.94. The molecule has 0 radical (unpaired) electrons. The van der Waals surface area contributed by atoms with Crippen molar-refractivity contribution in [3.05, 3.63) is 59.7 Å². The molecule has 4 aromatic rings. The molecule has 0 fully saturated rings. The van der Waals surface area contributed by atoms with Crippen LogP contribution in [0, 0.1) is 0 Å². The molecule has 0 aromatic heterocycles. The Bertz CT molecular complexity index is 1520. The number of carbonyl (C=O) groups is 4. The Morgan fingerprint density at radius 2 is 1.08 bits per heavy atom. The molecule has 0 N–H and O–H groups in total. The normalized spacial score (nSPS) is 21.2. The van der Waals surface area contributed by atoms with Gasteiger partial charge in [-0.15, -0.1) is 0 Å². The molecule has 8 heteroatoms. The van der Waals surface area contributed by atoms with E-state index < -0.39 is 48.3 Å². The number of ether oxygens (including phenoxy) is 4. The Hall–Kier alpha value is -4.20. The van der Waals surface area contributed by atoms with Gasteiger partial charge in [0.15, 0.2) is 24.4 Å². The molecular weight excluding hydrogens is 464 g/mol. The number of hydrogen-bond donors (Lipinski definition) is 0. The summed E-state index contributed by atoms with van der Waals surface area (Å²) in [5.41, 5.74) is 1.05. The third-order valence-corrected chi connectivity index (χ3v) is 6.42. The molecule has 0 heterocycles. The van der Waals surface area contributed by atoms with E-state index in [0.29, 0.717) is 11.1 Å². The topological polar surface area (TPSA) is 105 Å². The highest BCUT2D eigenvalue weighted by molar-refractivity contribution is 6.24. The van der Waals surface area contributed by atoms with Crippen LogP contribution in [-0.2, 0) is 38.1 Å². The fourth-order valence-corrected chi connectivity index (χ4v) is 5.35. The zero-order valence-electron chi connectivity index (χ0n) is 20.2. The third-order valence-electron chi connectivity index (χ3n) is 6.42. The minimum atomic E-state index is -1.24. The van der Waals surface area contributed by atoms with Crippen molar-refractivity contribution in [1.29, 1.82) is 0 Å². The molecule has 5 rings (SSSR count). The zero-order chi connectivity index (χ0) is 25.7. The quantitative estimate of drug-likeness (QED) is 0.232. The lowest BCUT2D eigenvalue weighted by molar-refractivity contribution is -0.204. The van der Waals surface area contributed by atoms with Gasteiger partial charge in [0, 0.05) is 38.8 Å². The van der Waals surface area contributed by atoms with Gasteiger partial charge >= 0.3 is 23.9 Å². The van der Waals surface area contributed by atoms with E-state index in [1.54, 1.807) is 0 Å². The molecule has 0 amide bonds. The monoisotopic (exact) mass is 488 g/mol. The van der Waals surface area contributed by atoms with Crippen LogP contribution in [0.1, 0.15) is 51.0 Å². The van der Waals surface area contributed by atoms with Crippen molar-refractivity contribution in [2.75, 3.05) is 0 Å². The molecule has 4 atom stereocenters. The van der Waals surface area contributed by atoms with Crippen molar-refractivity contribution in [2.24, 2.45) is 0 Å². The van der Waals surface area contributed by atoms with Gasteiger partial charge in [0.1, 0.15) is 0 Å². The third kappa shape index (κ3) is 3.88. The highest BCUT2D eigenvalue weighted by Gasteiger charge is 2.51. The van der Waals surface area contributed by atoms with Crippen LogP contribution < -0.4 is 0 Å². The molecule has 0 saturated carbocycles. The van der Waals surface area contributed by atoms with E-state index in [0.717, 1.165) is 32.3 Å². The van der Waals surface area contributed by atoms with Crippen molar-refractivity contribution < 1.29 is 38.1 Å². The van der Waals surface area contributed by atoms with E-state index in [4.69, 9.17) is 18.9 Å². The minimum Gasteiger partial charge on any atom is -0.454 e. The Kier molecular flexibility index (Phi) is 5.74. The molecular formula is C28H24O8. The maximum Gasteiger partial charge on any atom is 0.303 e. The van der Waals surface area contributed by atoms with E-state index in [2.05, 4.69) is 0 Å². The molecule has 0 saturated heterocycles. The smallest absolute Gasteiger partial charge is 0.303 e. The van der Waals surface area contributed by atoms with E-state index >= 15 is 0 Å². The SMILES string of the molecule is CC(=O)O[C@@H]1[C@@H](OC(C)=O)[C@H](OC(C)=O)c2c(cc3ccc4cccc5ccc2c3c45)[C@H]1OC(C)=O. The number of rotatable bonds is 4. The van der Waals surface area contributed by atoms with Gasteiger partial charge in [-0.05, 0) is 38.4 Å². The summed E-state index contributed by atoms with van der Waals surface area (Å²) in [7, 11) is 0. The van der Waals surface area contributed by atoms with E-state index in [1.807, 2.05) is 48.5 Å². The highest BCUT2D eigenvalue weighted by Crippen LogP contribution is 2.49. The average molecular weight is 488 g/mol. The maximum atomic E-state index is 12.3. The van der Waals surface area contributed by atoms with Crippen LogP contribution in [0.5, 0.6) is 0 Å². The summed E-state index contributed by atoms with van der Waals surface area (Å²) in [5, 5.41) is 5.68. The summed E-state index contributed by atoms with van der Waals surface area (Å²) in [6, 6.07) is 15.7. The van der Waals surface area contributed by atoms with Crippen molar-refractivity contribution in [3.8, 4) is 0 Å². The number of esters is 4. The highest BCUT2D eigenvalue weighted by atomic mass is 16.6. The Balaban J connectivity index is 1.89. The minimum absolute atomic E-state index is 0.511. The molecule has 8 nitrogen and oxygen atoms in total. The van der Waals surface area contributed by atoms with Crippen LogP contribution >= 0.6 is 0 Å². The summed E-state index contributed by atoms with van der Waals surface area (Å²) in [5.74, 6) is -2.56. The average Bonchev–Trinajstić information content (AvgIpc) is 2.80. The summed E-state index contributed by atoms with van der Waals surface area (Å²) in [6.45, 7) is 4.90. The van der Waals surface area contributed by atoms with Crippen LogP contribution in [0.4, 0.5) is 0 Å². The van der Waals surface area contributed by atoms with Crippen molar-refractivity contribution in [3.63, 3.8) is 0 Å². The predicted octanol–water partition coefficient (Wildman–Crippen LogP) is 4.67. The molecule has 184 valence electrons. The molecule has 1 aliphatic carbocycles. The Morgan fingerprint density at radius 3 is 1.67 bits per heavy atom. The summed E-state index contributed by atoms with van der Waals surface area (Å²) in [6.07, 6.45) is -4.69. The standard InChI is InChI=1S/C28H24O8/c1-13(29)33-25-21-12-19-9-8-17-6-5-7-18-10-11-20(23(19)22(17)18)24(21)26(34-14(2)30)28(36-16(4)32)27(25)35-15(3)31/h5-12,25-28H,1-4H3/t25-,26-,27+,28+/m1/s1. The second kappa shape index (κ2) is 8.78. The van der Waals surface area contributed by atoms with Crippen LogP contribution in [0.3, 0.4) is 0 Å². The molecule has 36 heavy (non-hydrogen) atoms. The number of hydrogen-bond acceptors (Lipinski definition) is 8. The van der Waals surface area contributed by atoms with Crippen molar-refractivity contribution in [1.82, 2.24) is 0 Å². The first kappa shape index (κ1) is 23.5.